The molecule has 2 aromatic rings. The summed E-state index contributed by atoms with van der Waals surface area (Å²) in [5, 5.41) is 2.77. The van der Waals surface area contributed by atoms with Crippen LogP contribution in [0.15, 0.2) is 24.5 Å². The van der Waals surface area contributed by atoms with Gasteiger partial charge in [0.05, 0.1) is 13.7 Å². The van der Waals surface area contributed by atoms with E-state index in [9.17, 15) is 4.79 Å². The highest BCUT2D eigenvalue weighted by Crippen LogP contribution is 2.30. The number of hydroxylamine groups is 2. The fourth-order valence-corrected chi connectivity index (χ4v) is 3.18. The van der Waals surface area contributed by atoms with Crippen LogP contribution in [-0.2, 0) is 9.57 Å². The van der Waals surface area contributed by atoms with Gasteiger partial charge >= 0.3 is 6.16 Å². The van der Waals surface area contributed by atoms with Gasteiger partial charge in [-0.15, -0.1) is 5.06 Å². The van der Waals surface area contributed by atoms with Crippen molar-refractivity contribution in [2.75, 3.05) is 32.1 Å². The zero-order valence-electron chi connectivity index (χ0n) is 13.7. The normalized spacial score (nSPS) is 22.0. The van der Waals surface area contributed by atoms with Gasteiger partial charge in [-0.05, 0) is 24.5 Å². The number of likely N-dealkylation sites (N-methyl/N-ethyl adjacent to an activating group) is 1. The van der Waals surface area contributed by atoms with Crippen molar-refractivity contribution in [2.24, 2.45) is 5.92 Å². The fourth-order valence-electron chi connectivity index (χ4n) is 3.18. The highest BCUT2D eigenvalue weighted by atomic mass is 16.8. The molecular formula is C16H22N4O3. The summed E-state index contributed by atoms with van der Waals surface area (Å²) in [4.78, 5) is 26.3. The Morgan fingerprint density at radius 1 is 1.48 bits per heavy atom. The average Bonchev–Trinajstić information content (AvgIpc) is 3.04. The van der Waals surface area contributed by atoms with Gasteiger partial charge in [-0.3, -0.25) is 0 Å². The standard InChI is InChI=1S/C16H22N4O3/c1-11-6-9-20(23-16(21)22-3)10-14(11)19(2)13-5-8-18-15-12(13)4-7-17-15/h4-5,7-8,11,14H,6,9-10H2,1-3H3,(H,17,18)/t11-,14+/m1/s1. The molecule has 124 valence electrons. The van der Waals surface area contributed by atoms with E-state index in [1.54, 1.807) is 11.3 Å². The molecule has 0 unspecified atom stereocenters. The average molecular weight is 318 g/mol. The molecule has 0 bridgehead atoms. The Balaban J connectivity index is 1.80. The molecular weight excluding hydrogens is 296 g/mol. The number of fused-ring (bicyclic) bond motifs is 1. The van der Waals surface area contributed by atoms with Crippen molar-refractivity contribution >= 4 is 22.9 Å². The lowest BCUT2D eigenvalue weighted by Crippen LogP contribution is -2.51. The number of aromatic amines is 1. The molecule has 0 spiro atoms. The number of anilines is 1. The Kier molecular flexibility index (Phi) is 4.38. The summed E-state index contributed by atoms with van der Waals surface area (Å²) >= 11 is 0. The number of carbonyl (C=O) groups excluding carboxylic acids is 1. The maximum Gasteiger partial charge on any atom is 0.527 e. The minimum absolute atomic E-state index is 0.230. The molecule has 3 rings (SSSR count). The van der Waals surface area contributed by atoms with E-state index in [4.69, 9.17) is 4.84 Å². The summed E-state index contributed by atoms with van der Waals surface area (Å²) in [6, 6.07) is 4.28. The summed E-state index contributed by atoms with van der Waals surface area (Å²) in [5.41, 5.74) is 1.99. The number of aromatic nitrogens is 2. The van der Waals surface area contributed by atoms with Crippen LogP contribution in [0.5, 0.6) is 0 Å². The molecule has 1 saturated heterocycles. The second-order valence-corrected chi connectivity index (χ2v) is 5.95. The summed E-state index contributed by atoms with van der Waals surface area (Å²) in [6.45, 7) is 3.59. The molecule has 1 aliphatic heterocycles. The number of pyridine rings is 1. The van der Waals surface area contributed by atoms with Gasteiger partial charge < -0.3 is 19.5 Å². The summed E-state index contributed by atoms with van der Waals surface area (Å²) in [7, 11) is 3.39. The number of hydrogen-bond donors (Lipinski definition) is 1. The van der Waals surface area contributed by atoms with E-state index in [2.05, 4.69) is 33.6 Å². The first kappa shape index (κ1) is 15.6. The van der Waals surface area contributed by atoms with Crippen molar-refractivity contribution in [2.45, 2.75) is 19.4 Å². The molecule has 2 atom stereocenters. The largest absolute Gasteiger partial charge is 0.527 e. The van der Waals surface area contributed by atoms with Crippen molar-refractivity contribution in [1.29, 1.82) is 0 Å². The summed E-state index contributed by atoms with van der Waals surface area (Å²) < 4.78 is 4.58. The molecule has 7 nitrogen and oxygen atoms in total. The third-order valence-electron chi connectivity index (χ3n) is 4.57. The van der Waals surface area contributed by atoms with Crippen molar-refractivity contribution in [3.05, 3.63) is 24.5 Å². The lowest BCUT2D eigenvalue weighted by molar-refractivity contribution is -0.142. The number of piperidine rings is 1. The first-order valence-corrected chi connectivity index (χ1v) is 7.76. The number of nitrogens with one attached hydrogen (secondary N) is 1. The minimum atomic E-state index is -0.669. The van der Waals surface area contributed by atoms with E-state index in [0.717, 1.165) is 29.7 Å². The van der Waals surface area contributed by atoms with Gasteiger partial charge in [0.2, 0.25) is 0 Å². The number of hydrogen-bond acceptors (Lipinski definition) is 6. The zero-order valence-corrected chi connectivity index (χ0v) is 13.7. The number of carbonyl (C=O) groups is 1. The van der Waals surface area contributed by atoms with Crippen molar-refractivity contribution in [3.63, 3.8) is 0 Å². The second-order valence-electron chi connectivity index (χ2n) is 5.95. The number of nitrogens with zero attached hydrogens (tertiary/aromatic N) is 3. The van der Waals surface area contributed by atoms with Gasteiger partial charge in [-0.25, -0.2) is 9.78 Å². The monoisotopic (exact) mass is 318 g/mol. The molecule has 0 amide bonds. The van der Waals surface area contributed by atoms with Gasteiger partial charge in [0.1, 0.15) is 5.65 Å². The maximum absolute atomic E-state index is 11.3. The van der Waals surface area contributed by atoms with Crippen molar-refractivity contribution in [1.82, 2.24) is 15.0 Å². The molecule has 1 fully saturated rings. The van der Waals surface area contributed by atoms with Crippen LogP contribution in [0.4, 0.5) is 10.5 Å². The van der Waals surface area contributed by atoms with Crippen LogP contribution in [0.3, 0.4) is 0 Å². The molecule has 3 heterocycles. The van der Waals surface area contributed by atoms with Crippen LogP contribution in [0, 0.1) is 5.92 Å². The van der Waals surface area contributed by atoms with E-state index in [0.29, 0.717) is 12.5 Å². The van der Waals surface area contributed by atoms with Crippen LogP contribution in [0.2, 0.25) is 0 Å². The molecule has 7 heteroatoms. The van der Waals surface area contributed by atoms with Gasteiger partial charge in [0.25, 0.3) is 0 Å². The Labute approximate surface area is 135 Å². The van der Waals surface area contributed by atoms with E-state index in [1.807, 2.05) is 18.3 Å². The zero-order chi connectivity index (χ0) is 16.4. The Morgan fingerprint density at radius 2 is 2.30 bits per heavy atom. The lowest BCUT2D eigenvalue weighted by atomic mass is 9.93. The number of H-pyrrole nitrogens is 1. The summed E-state index contributed by atoms with van der Waals surface area (Å²) in [6.07, 6.45) is 3.98. The molecule has 0 radical (unpaired) electrons. The Bertz CT molecular complexity index is 687. The van der Waals surface area contributed by atoms with Gasteiger partial charge in [-0.1, -0.05) is 6.92 Å². The van der Waals surface area contributed by atoms with Gasteiger partial charge in [0.15, 0.2) is 0 Å². The molecule has 0 aromatic carbocycles. The lowest BCUT2D eigenvalue weighted by Gasteiger charge is -2.41. The molecule has 1 aliphatic rings. The predicted molar refractivity (Wildman–Crippen MR) is 87.1 cm³/mol. The topological polar surface area (TPSA) is 70.7 Å². The van der Waals surface area contributed by atoms with Crippen molar-refractivity contribution < 1.29 is 14.4 Å². The van der Waals surface area contributed by atoms with Crippen LogP contribution in [0.25, 0.3) is 11.0 Å². The molecule has 1 N–H and O–H groups in total. The third kappa shape index (κ3) is 3.10. The van der Waals surface area contributed by atoms with Crippen LogP contribution in [-0.4, -0.2) is 54.5 Å². The number of rotatable bonds is 3. The summed E-state index contributed by atoms with van der Waals surface area (Å²) in [5.74, 6) is 0.486. The van der Waals surface area contributed by atoms with E-state index >= 15 is 0 Å². The quantitative estimate of drug-likeness (QED) is 0.876. The maximum atomic E-state index is 11.3. The molecule has 23 heavy (non-hydrogen) atoms. The van der Waals surface area contributed by atoms with Crippen LogP contribution < -0.4 is 4.90 Å². The van der Waals surface area contributed by atoms with Crippen LogP contribution >= 0.6 is 0 Å². The minimum Gasteiger partial charge on any atom is -0.436 e. The second kappa shape index (κ2) is 6.45. The number of ether oxygens (including phenoxy) is 1. The SMILES string of the molecule is COC(=O)ON1CC[C@@H](C)[C@@H](N(C)c2ccnc3[nH]ccc23)C1. The third-order valence-corrected chi connectivity index (χ3v) is 4.57. The molecule has 0 aliphatic carbocycles. The Morgan fingerprint density at radius 3 is 3.09 bits per heavy atom. The molecule has 2 aromatic heterocycles. The number of methoxy groups -OCH3 is 1. The Hall–Kier alpha value is -2.28. The first-order chi connectivity index (χ1) is 11.1. The first-order valence-electron chi connectivity index (χ1n) is 7.76. The highest BCUT2D eigenvalue weighted by Gasteiger charge is 2.32. The van der Waals surface area contributed by atoms with E-state index < -0.39 is 6.16 Å². The highest BCUT2D eigenvalue weighted by molar-refractivity contribution is 5.89. The molecule has 0 saturated carbocycles. The van der Waals surface area contributed by atoms with E-state index in [-0.39, 0.29) is 6.04 Å². The van der Waals surface area contributed by atoms with Crippen LogP contribution in [0.1, 0.15) is 13.3 Å². The smallest absolute Gasteiger partial charge is 0.436 e. The van der Waals surface area contributed by atoms with Crippen molar-refractivity contribution in [3.8, 4) is 0 Å². The van der Waals surface area contributed by atoms with Gasteiger partial charge in [-0.2, -0.15) is 0 Å². The fraction of sp³-hybridized carbons (Fsp3) is 0.500. The predicted octanol–water partition coefficient (Wildman–Crippen LogP) is 2.41. The van der Waals surface area contributed by atoms with E-state index in [1.165, 1.54) is 7.11 Å². The van der Waals surface area contributed by atoms with Gasteiger partial charge in [0, 0.05) is 43.1 Å².